The molecule has 0 saturated heterocycles. The highest BCUT2D eigenvalue weighted by atomic mass is 16.5. The Morgan fingerprint density at radius 2 is 1.88 bits per heavy atom. The highest BCUT2D eigenvalue weighted by molar-refractivity contribution is 5.25. The van der Waals surface area contributed by atoms with Gasteiger partial charge in [0.25, 0.3) is 0 Å². The monoisotopic (exact) mass is 235 g/mol. The lowest BCUT2D eigenvalue weighted by molar-refractivity contribution is 0.183. The van der Waals surface area contributed by atoms with Crippen LogP contribution < -0.4 is 5.32 Å². The average molecular weight is 235 g/mol. The number of methoxy groups -OCH3 is 1. The molecule has 17 heavy (non-hydrogen) atoms. The first-order chi connectivity index (χ1) is 8.31. The Kier molecular flexibility index (Phi) is 6.90. The summed E-state index contributed by atoms with van der Waals surface area (Å²) in [7, 11) is 1.76. The van der Waals surface area contributed by atoms with Crippen LogP contribution in [0.1, 0.15) is 43.9 Å². The van der Waals surface area contributed by atoms with Gasteiger partial charge in [-0.3, -0.25) is 0 Å². The van der Waals surface area contributed by atoms with Crippen molar-refractivity contribution in [3.63, 3.8) is 0 Å². The molecule has 0 bridgehead atoms. The number of hydrogen-bond acceptors (Lipinski definition) is 2. The molecular weight excluding hydrogens is 210 g/mol. The summed E-state index contributed by atoms with van der Waals surface area (Å²) < 4.78 is 5.18. The molecule has 0 aromatic heterocycles. The molecule has 1 rings (SSSR count). The quantitative estimate of drug-likeness (QED) is 0.746. The maximum Gasteiger partial charge on any atom is 0.0480 e. The molecule has 0 saturated carbocycles. The summed E-state index contributed by atoms with van der Waals surface area (Å²) in [4.78, 5) is 0. The second-order valence-electron chi connectivity index (χ2n) is 4.38. The largest absolute Gasteiger partial charge is 0.385 e. The van der Waals surface area contributed by atoms with E-state index in [2.05, 4.69) is 43.4 Å². The smallest absolute Gasteiger partial charge is 0.0480 e. The van der Waals surface area contributed by atoms with Gasteiger partial charge in [0.15, 0.2) is 0 Å². The van der Waals surface area contributed by atoms with Crippen molar-refractivity contribution in [3.05, 3.63) is 35.4 Å². The van der Waals surface area contributed by atoms with Gasteiger partial charge >= 0.3 is 0 Å². The predicted octanol–water partition coefficient (Wildman–Crippen LogP) is 3.33. The summed E-state index contributed by atoms with van der Waals surface area (Å²) >= 11 is 0. The minimum Gasteiger partial charge on any atom is -0.385 e. The van der Waals surface area contributed by atoms with E-state index in [0.717, 1.165) is 32.4 Å². The Morgan fingerprint density at radius 1 is 1.18 bits per heavy atom. The fraction of sp³-hybridized carbons (Fsp3) is 0.600. The molecule has 2 nitrogen and oxygen atoms in total. The predicted molar refractivity (Wildman–Crippen MR) is 73.3 cm³/mol. The van der Waals surface area contributed by atoms with E-state index in [1.54, 1.807) is 7.11 Å². The molecule has 1 aromatic rings. The van der Waals surface area contributed by atoms with Crippen LogP contribution >= 0.6 is 0 Å². The second-order valence-corrected chi connectivity index (χ2v) is 4.38. The van der Waals surface area contributed by atoms with Crippen molar-refractivity contribution < 1.29 is 4.74 Å². The first kappa shape index (κ1) is 14.2. The van der Waals surface area contributed by atoms with Gasteiger partial charge in [0, 0.05) is 19.8 Å². The van der Waals surface area contributed by atoms with Crippen LogP contribution in [0, 0.1) is 0 Å². The number of hydrogen-bond donors (Lipinski definition) is 1. The van der Waals surface area contributed by atoms with E-state index in [1.165, 1.54) is 11.1 Å². The molecule has 1 aromatic carbocycles. The molecule has 0 spiro atoms. The van der Waals surface area contributed by atoms with Gasteiger partial charge in [0.2, 0.25) is 0 Å². The van der Waals surface area contributed by atoms with E-state index in [4.69, 9.17) is 4.74 Å². The summed E-state index contributed by atoms with van der Waals surface area (Å²) in [5, 5.41) is 3.58. The molecule has 1 unspecified atom stereocenters. The highest BCUT2D eigenvalue weighted by Crippen LogP contribution is 2.17. The van der Waals surface area contributed by atoms with E-state index in [9.17, 15) is 0 Å². The summed E-state index contributed by atoms with van der Waals surface area (Å²) in [5.41, 5.74) is 2.77. The van der Waals surface area contributed by atoms with Crippen LogP contribution in [0.25, 0.3) is 0 Å². The molecule has 96 valence electrons. The lowest BCUT2D eigenvalue weighted by Gasteiger charge is -2.19. The van der Waals surface area contributed by atoms with Crippen LogP contribution in [0.5, 0.6) is 0 Å². The molecule has 0 aliphatic heterocycles. The Labute approximate surface area is 105 Å². The second kappa shape index (κ2) is 8.26. The minimum atomic E-state index is 0.417. The van der Waals surface area contributed by atoms with Gasteiger partial charge in [0.05, 0.1) is 0 Å². The van der Waals surface area contributed by atoms with Gasteiger partial charge < -0.3 is 10.1 Å². The zero-order valence-electron chi connectivity index (χ0n) is 11.3. The number of nitrogens with one attached hydrogen (secondary N) is 1. The summed E-state index contributed by atoms with van der Waals surface area (Å²) in [6.07, 6.45) is 3.30. The normalized spacial score (nSPS) is 12.6. The number of aryl methyl sites for hydroxylation is 1. The van der Waals surface area contributed by atoms with Gasteiger partial charge in [0.1, 0.15) is 0 Å². The van der Waals surface area contributed by atoms with Crippen molar-refractivity contribution in [1.29, 1.82) is 0 Å². The Hall–Kier alpha value is -0.860. The van der Waals surface area contributed by atoms with E-state index in [-0.39, 0.29) is 0 Å². The van der Waals surface area contributed by atoms with Gasteiger partial charge in [-0.2, -0.15) is 0 Å². The lowest BCUT2D eigenvalue weighted by Crippen LogP contribution is -2.23. The Morgan fingerprint density at radius 3 is 2.41 bits per heavy atom. The molecule has 1 atom stereocenters. The van der Waals surface area contributed by atoms with Crippen LogP contribution in [0.3, 0.4) is 0 Å². The molecule has 0 fully saturated rings. The highest BCUT2D eigenvalue weighted by Gasteiger charge is 2.09. The SMILES string of the molecule is CCCNC(CCOC)c1ccc(CC)cc1. The van der Waals surface area contributed by atoms with Crippen molar-refractivity contribution in [1.82, 2.24) is 5.32 Å². The third kappa shape index (κ3) is 4.88. The molecule has 0 amide bonds. The lowest BCUT2D eigenvalue weighted by atomic mass is 10.0. The molecular formula is C15H25NO. The maximum absolute atomic E-state index is 5.18. The van der Waals surface area contributed by atoms with Crippen molar-refractivity contribution >= 4 is 0 Å². The molecule has 1 N–H and O–H groups in total. The Bertz CT molecular complexity index is 286. The molecule has 2 heteroatoms. The van der Waals surface area contributed by atoms with Crippen LogP contribution in [-0.2, 0) is 11.2 Å². The number of benzene rings is 1. The fourth-order valence-corrected chi connectivity index (χ4v) is 1.93. The zero-order chi connectivity index (χ0) is 12.5. The van der Waals surface area contributed by atoms with E-state index >= 15 is 0 Å². The Balaban J connectivity index is 2.65. The zero-order valence-corrected chi connectivity index (χ0v) is 11.3. The van der Waals surface area contributed by atoms with Crippen molar-refractivity contribution in [2.75, 3.05) is 20.3 Å². The van der Waals surface area contributed by atoms with Gasteiger partial charge in [-0.1, -0.05) is 38.1 Å². The van der Waals surface area contributed by atoms with Crippen molar-refractivity contribution in [2.45, 2.75) is 39.2 Å². The van der Waals surface area contributed by atoms with Crippen LogP contribution in [0.4, 0.5) is 0 Å². The van der Waals surface area contributed by atoms with Crippen molar-refractivity contribution in [3.8, 4) is 0 Å². The number of ether oxygens (including phenoxy) is 1. The number of rotatable bonds is 8. The van der Waals surface area contributed by atoms with E-state index in [1.807, 2.05) is 0 Å². The first-order valence-corrected chi connectivity index (χ1v) is 6.63. The standard InChI is InChI=1S/C15H25NO/c1-4-11-16-15(10-12-17-3)14-8-6-13(5-2)7-9-14/h6-9,15-16H,4-5,10-12H2,1-3H3. The van der Waals surface area contributed by atoms with Crippen LogP contribution in [0.2, 0.25) is 0 Å². The summed E-state index contributed by atoms with van der Waals surface area (Å²) in [6, 6.07) is 9.34. The van der Waals surface area contributed by atoms with E-state index in [0.29, 0.717) is 6.04 Å². The fourth-order valence-electron chi connectivity index (χ4n) is 1.93. The molecule has 0 heterocycles. The third-order valence-electron chi connectivity index (χ3n) is 3.04. The van der Waals surface area contributed by atoms with Crippen LogP contribution in [0.15, 0.2) is 24.3 Å². The minimum absolute atomic E-state index is 0.417. The van der Waals surface area contributed by atoms with Gasteiger partial charge in [-0.15, -0.1) is 0 Å². The summed E-state index contributed by atoms with van der Waals surface area (Å²) in [5.74, 6) is 0. The van der Waals surface area contributed by atoms with Gasteiger partial charge in [-0.25, -0.2) is 0 Å². The van der Waals surface area contributed by atoms with Crippen molar-refractivity contribution in [2.24, 2.45) is 0 Å². The topological polar surface area (TPSA) is 21.3 Å². The maximum atomic E-state index is 5.18. The van der Waals surface area contributed by atoms with E-state index < -0.39 is 0 Å². The molecule has 0 radical (unpaired) electrons. The summed E-state index contributed by atoms with van der Waals surface area (Å²) in [6.45, 7) is 6.24. The molecule has 0 aliphatic carbocycles. The van der Waals surface area contributed by atoms with Crippen LogP contribution in [-0.4, -0.2) is 20.3 Å². The first-order valence-electron chi connectivity index (χ1n) is 6.63. The average Bonchev–Trinajstić information content (AvgIpc) is 2.39. The molecule has 0 aliphatic rings. The third-order valence-corrected chi connectivity index (χ3v) is 3.04. The van der Waals surface area contributed by atoms with Gasteiger partial charge in [-0.05, 0) is 36.9 Å².